The molecule has 0 aliphatic carbocycles. The number of esters is 1. The molecule has 2 N–H and O–H groups in total. The van der Waals surface area contributed by atoms with Gasteiger partial charge in [0.2, 0.25) is 0 Å². The molecule has 0 aliphatic heterocycles. The van der Waals surface area contributed by atoms with Crippen LogP contribution in [0, 0.1) is 0 Å². The van der Waals surface area contributed by atoms with Crippen molar-refractivity contribution in [2.45, 2.75) is 26.3 Å². The van der Waals surface area contributed by atoms with Crippen molar-refractivity contribution in [3.05, 3.63) is 41.6 Å². The van der Waals surface area contributed by atoms with Gasteiger partial charge in [0.05, 0.1) is 7.11 Å². The Kier molecular flexibility index (Phi) is 4.34. The van der Waals surface area contributed by atoms with Crippen molar-refractivity contribution in [2.24, 2.45) is 0 Å². The van der Waals surface area contributed by atoms with Crippen LogP contribution < -0.4 is 5.73 Å². The van der Waals surface area contributed by atoms with Crippen LogP contribution in [-0.4, -0.2) is 27.6 Å². The van der Waals surface area contributed by atoms with Gasteiger partial charge in [0.1, 0.15) is 11.6 Å². The molecule has 6 nitrogen and oxygen atoms in total. The first-order valence-corrected chi connectivity index (χ1v) is 6.49. The number of anilines is 1. The Hall–Kier alpha value is -2.37. The van der Waals surface area contributed by atoms with E-state index in [1.54, 1.807) is 12.4 Å². The number of methoxy groups -OCH3 is 1. The van der Waals surface area contributed by atoms with Crippen molar-refractivity contribution >= 4 is 11.8 Å². The molecule has 2 rings (SSSR count). The van der Waals surface area contributed by atoms with E-state index >= 15 is 0 Å². The highest BCUT2D eigenvalue weighted by atomic mass is 16.5. The van der Waals surface area contributed by atoms with Crippen molar-refractivity contribution in [3.8, 4) is 0 Å². The lowest BCUT2D eigenvalue weighted by molar-refractivity contribution is 0.0595. The molecule has 0 spiro atoms. The number of pyridine rings is 1. The molecule has 2 aromatic heterocycles. The maximum atomic E-state index is 11.6. The molecule has 0 bridgehead atoms. The fraction of sp³-hybridized carbons (Fsp3) is 0.357. The molecule has 0 fully saturated rings. The lowest BCUT2D eigenvalue weighted by atomic mass is 10.2. The smallest absolute Gasteiger partial charge is 0.360 e. The lowest BCUT2D eigenvalue weighted by Crippen LogP contribution is -2.10. The average molecular weight is 274 g/mol. The molecule has 0 saturated carbocycles. The van der Waals surface area contributed by atoms with E-state index in [0.717, 1.165) is 17.8 Å². The van der Waals surface area contributed by atoms with Gasteiger partial charge in [0, 0.05) is 25.4 Å². The summed E-state index contributed by atoms with van der Waals surface area (Å²) in [6.45, 7) is 2.65. The second kappa shape index (κ2) is 6.18. The van der Waals surface area contributed by atoms with E-state index in [1.165, 1.54) is 7.11 Å². The standard InChI is InChI=1S/C14H18N4O2/c1-3-11-17-12(14(19)20-2)13(15)18(11)9-6-10-4-7-16-8-5-10/h4-5,7-8H,3,6,9,15H2,1-2H3. The molecule has 0 radical (unpaired) electrons. The summed E-state index contributed by atoms with van der Waals surface area (Å²) in [6, 6.07) is 3.92. The molecule has 0 unspecified atom stereocenters. The highest BCUT2D eigenvalue weighted by Crippen LogP contribution is 2.17. The number of nitrogens with zero attached hydrogens (tertiary/aromatic N) is 3. The maximum Gasteiger partial charge on any atom is 0.360 e. The summed E-state index contributed by atoms with van der Waals surface area (Å²) >= 11 is 0. The zero-order valence-electron chi connectivity index (χ0n) is 11.7. The molecule has 106 valence electrons. The first kappa shape index (κ1) is 14.0. The van der Waals surface area contributed by atoms with E-state index in [1.807, 2.05) is 23.6 Å². The number of aromatic nitrogens is 3. The van der Waals surface area contributed by atoms with Crippen LogP contribution in [0.2, 0.25) is 0 Å². The summed E-state index contributed by atoms with van der Waals surface area (Å²) in [5, 5.41) is 0. The van der Waals surface area contributed by atoms with Crippen LogP contribution in [0.3, 0.4) is 0 Å². The summed E-state index contributed by atoms with van der Waals surface area (Å²) in [4.78, 5) is 19.9. The van der Waals surface area contributed by atoms with Crippen molar-refractivity contribution in [2.75, 3.05) is 12.8 Å². The number of nitrogens with two attached hydrogens (primary N) is 1. The number of carbonyl (C=O) groups is 1. The molecule has 0 aliphatic rings. The van der Waals surface area contributed by atoms with E-state index < -0.39 is 5.97 Å². The van der Waals surface area contributed by atoms with Gasteiger partial charge in [-0.25, -0.2) is 9.78 Å². The second-order valence-corrected chi connectivity index (χ2v) is 4.36. The summed E-state index contributed by atoms with van der Waals surface area (Å²) in [7, 11) is 1.32. The number of rotatable bonds is 5. The third kappa shape index (κ3) is 2.79. The SMILES string of the molecule is CCc1nc(C(=O)OC)c(N)n1CCc1ccncc1. The third-order valence-electron chi connectivity index (χ3n) is 3.15. The van der Waals surface area contributed by atoms with Gasteiger partial charge in [-0.15, -0.1) is 0 Å². The maximum absolute atomic E-state index is 11.6. The summed E-state index contributed by atoms with van der Waals surface area (Å²) < 4.78 is 6.56. The van der Waals surface area contributed by atoms with Crippen molar-refractivity contribution in [1.82, 2.24) is 14.5 Å². The Morgan fingerprint density at radius 1 is 1.40 bits per heavy atom. The molecule has 2 aromatic rings. The topological polar surface area (TPSA) is 83.0 Å². The molecule has 2 heterocycles. The fourth-order valence-corrected chi connectivity index (χ4v) is 2.07. The van der Waals surface area contributed by atoms with Gasteiger partial charge in [-0.05, 0) is 24.1 Å². The van der Waals surface area contributed by atoms with Crippen molar-refractivity contribution in [1.29, 1.82) is 0 Å². The number of nitrogen functional groups attached to an aromatic ring is 1. The Bertz CT molecular complexity index is 593. The number of hydrogen-bond donors (Lipinski definition) is 1. The Balaban J connectivity index is 2.22. The first-order valence-electron chi connectivity index (χ1n) is 6.49. The van der Waals surface area contributed by atoms with Gasteiger partial charge in [0.15, 0.2) is 5.69 Å². The normalized spacial score (nSPS) is 10.5. The van der Waals surface area contributed by atoms with Crippen LogP contribution in [0.4, 0.5) is 5.82 Å². The van der Waals surface area contributed by atoms with E-state index in [9.17, 15) is 4.79 Å². The van der Waals surface area contributed by atoms with Crippen LogP contribution in [-0.2, 0) is 24.1 Å². The highest BCUT2D eigenvalue weighted by molar-refractivity contribution is 5.92. The number of carbonyl (C=O) groups excluding carboxylic acids is 1. The quantitative estimate of drug-likeness (QED) is 0.834. The minimum Gasteiger partial charge on any atom is -0.464 e. The monoisotopic (exact) mass is 274 g/mol. The Morgan fingerprint density at radius 2 is 2.10 bits per heavy atom. The van der Waals surface area contributed by atoms with E-state index in [2.05, 4.69) is 14.7 Å². The predicted molar refractivity (Wildman–Crippen MR) is 75.3 cm³/mol. The average Bonchev–Trinajstić information content (AvgIpc) is 2.81. The number of ether oxygens (including phenoxy) is 1. The van der Waals surface area contributed by atoms with Gasteiger partial charge in [-0.1, -0.05) is 6.92 Å². The highest BCUT2D eigenvalue weighted by Gasteiger charge is 2.19. The second-order valence-electron chi connectivity index (χ2n) is 4.36. The minimum absolute atomic E-state index is 0.194. The zero-order valence-corrected chi connectivity index (χ0v) is 11.7. The number of hydrogen-bond acceptors (Lipinski definition) is 5. The van der Waals surface area contributed by atoms with E-state index in [-0.39, 0.29) is 5.69 Å². The predicted octanol–water partition coefficient (Wildman–Crippen LogP) is 1.45. The van der Waals surface area contributed by atoms with Crippen LogP contribution >= 0.6 is 0 Å². The number of imidazole rings is 1. The third-order valence-corrected chi connectivity index (χ3v) is 3.15. The Morgan fingerprint density at radius 3 is 2.70 bits per heavy atom. The zero-order chi connectivity index (χ0) is 14.5. The largest absolute Gasteiger partial charge is 0.464 e. The molecule has 0 amide bonds. The summed E-state index contributed by atoms with van der Waals surface area (Å²) in [6.07, 6.45) is 5.02. The fourth-order valence-electron chi connectivity index (χ4n) is 2.07. The van der Waals surface area contributed by atoms with E-state index in [0.29, 0.717) is 18.8 Å². The van der Waals surface area contributed by atoms with Gasteiger partial charge < -0.3 is 15.0 Å². The Labute approximate surface area is 117 Å². The lowest BCUT2D eigenvalue weighted by Gasteiger charge is -2.08. The van der Waals surface area contributed by atoms with Crippen LogP contribution in [0.1, 0.15) is 28.8 Å². The molecular formula is C14H18N4O2. The molecule has 20 heavy (non-hydrogen) atoms. The van der Waals surface area contributed by atoms with Gasteiger partial charge in [-0.2, -0.15) is 0 Å². The van der Waals surface area contributed by atoms with E-state index in [4.69, 9.17) is 5.73 Å². The minimum atomic E-state index is -0.500. The van der Waals surface area contributed by atoms with Crippen LogP contribution in [0.5, 0.6) is 0 Å². The first-order chi connectivity index (χ1) is 9.67. The summed E-state index contributed by atoms with van der Waals surface area (Å²) in [5.74, 6) is 0.652. The molecule has 0 atom stereocenters. The molecule has 0 saturated heterocycles. The van der Waals surface area contributed by atoms with Gasteiger partial charge in [-0.3, -0.25) is 4.98 Å². The summed E-state index contributed by atoms with van der Waals surface area (Å²) in [5.41, 5.74) is 7.36. The molecular weight excluding hydrogens is 256 g/mol. The molecule has 0 aromatic carbocycles. The van der Waals surface area contributed by atoms with Crippen LogP contribution in [0.15, 0.2) is 24.5 Å². The van der Waals surface area contributed by atoms with Crippen molar-refractivity contribution in [3.63, 3.8) is 0 Å². The van der Waals surface area contributed by atoms with Crippen molar-refractivity contribution < 1.29 is 9.53 Å². The molecule has 6 heteroatoms. The van der Waals surface area contributed by atoms with Crippen LogP contribution in [0.25, 0.3) is 0 Å². The van der Waals surface area contributed by atoms with Gasteiger partial charge >= 0.3 is 5.97 Å². The number of aryl methyl sites for hydroxylation is 2. The van der Waals surface area contributed by atoms with Gasteiger partial charge in [0.25, 0.3) is 0 Å².